The average molecular weight is 335 g/mol. The molecule has 0 saturated heterocycles. The Bertz CT molecular complexity index is 476. The topological polar surface area (TPSA) is 26.3 Å². The van der Waals surface area contributed by atoms with Gasteiger partial charge in [0, 0.05) is 6.42 Å². The van der Waals surface area contributed by atoms with E-state index in [2.05, 4.69) is 40.7 Å². The van der Waals surface area contributed by atoms with E-state index in [1.165, 1.54) is 32.1 Å². The number of hydrogen-bond donors (Lipinski definition) is 0. The highest BCUT2D eigenvalue weighted by Crippen LogP contribution is 2.60. The second-order valence-electron chi connectivity index (χ2n) is 9.33. The van der Waals surface area contributed by atoms with Crippen LogP contribution in [0.15, 0.2) is 11.6 Å². The summed E-state index contributed by atoms with van der Waals surface area (Å²) in [6, 6.07) is 0. The number of fused-ring (bicyclic) bond motifs is 1. The van der Waals surface area contributed by atoms with Crippen molar-refractivity contribution < 1.29 is 9.53 Å². The Morgan fingerprint density at radius 1 is 1.33 bits per heavy atom. The predicted octanol–water partition coefficient (Wildman–Crippen LogP) is 6.15. The van der Waals surface area contributed by atoms with Crippen LogP contribution in [0.5, 0.6) is 0 Å². The van der Waals surface area contributed by atoms with Gasteiger partial charge in [-0.25, -0.2) is 0 Å². The Kier molecular flexibility index (Phi) is 6.20. The SMILES string of the molecule is CCOC(=O)C[C@H](C)CC[C@@H]1C(C)=CC[C@@H]2C(C)(C)CCC[C@]12C. The first-order valence-electron chi connectivity index (χ1n) is 10.0. The Balaban J connectivity index is 2.04. The molecule has 1 fully saturated rings. The smallest absolute Gasteiger partial charge is 0.306 e. The molecule has 0 heterocycles. The Hall–Kier alpha value is -0.790. The fourth-order valence-corrected chi connectivity index (χ4v) is 5.75. The summed E-state index contributed by atoms with van der Waals surface area (Å²) in [6.45, 7) is 14.4. The van der Waals surface area contributed by atoms with Crippen LogP contribution in [-0.4, -0.2) is 12.6 Å². The third-order valence-electron chi connectivity index (χ3n) is 7.07. The summed E-state index contributed by atoms with van der Waals surface area (Å²) in [4.78, 5) is 11.7. The number of allylic oxidation sites excluding steroid dienone is 2. The van der Waals surface area contributed by atoms with E-state index in [-0.39, 0.29) is 5.97 Å². The summed E-state index contributed by atoms with van der Waals surface area (Å²) < 4.78 is 5.11. The van der Waals surface area contributed by atoms with Crippen molar-refractivity contribution >= 4 is 5.97 Å². The zero-order chi connectivity index (χ0) is 18.0. The van der Waals surface area contributed by atoms with Crippen LogP contribution in [0.25, 0.3) is 0 Å². The van der Waals surface area contributed by atoms with Gasteiger partial charge in [0.05, 0.1) is 6.61 Å². The maximum absolute atomic E-state index is 11.7. The van der Waals surface area contributed by atoms with Crippen molar-refractivity contribution in [3.05, 3.63) is 11.6 Å². The van der Waals surface area contributed by atoms with Crippen LogP contribution in [0, 0.1) is 28.6 Å². The molecule has 2 rings (SSSR count). The van der Waals surface area contributed by atoms with Gasteiger partial charge in [-0.05, 0) is 74.5 Å². The van der Waals surface area contributed by atoms with E-state index in [1.54, 1.807) is 5.57 Å². The third kappa shape index (κ3) is 4.06. The third-order valence-corrected chi connectivity index (χ3v) is 7.07. The van der Waals surface area contributed by atoms with Crippen molar-refractivity contribution in [2.45, 2.75) is 86.5 Å². The highest BCUT2D eigenvalue weighted by Gasteiger charge is 2.51. The van der Waals surface area contributed by atoms with Gasteiger partial charge in [0.2, 0.25) is 0 Å². The molecule has 2 aliphatic carbocycles. The Labute approximate surface area is 149 Å². The first-order valence-corrected chi connectivity index (χ1v) is 10.0. The van der Waals surface area contributed by atoms with Crippen LogP contribution in [0.1, 0.15) is 86.5 Å². The van der Waals surface area contributed by atoms with Crippen molar-refractivity contribution in [1.82, 2.24) is 0 Å². The largest absolute Gasteiger partial charge is 0.466 e. The molecule has 0 aliphatic heterocycles. The summed E-state index contributed by atoms with van der Waals surface area (Å²) in [7, 11) is 0. The molecule has 0 aromatic rings. The van der Waals surface area contributed by atoms with Crippen LogP contribution in [0.2, 0.25) is 0 Å². The van der Waals surface area contributed by atoms with Crippen molar-refractivity contribution in [2.75, 3.05) is 6.61 Å². The van der Waals surface area contributed by atoms with Crippen LogP contribution < -0.4 is 0 Å². The molecule has 0 aromatic carbocycles. The summed E-state index contributed by atoms with van der Waals surface area (Å²) in [6.07, 6.45) is 10.8. The van der Waals surface area contributed by atoms with Gasteiger partial charge in [0.25, 0.3) is 0 Å². The molecule has 4 atom stereocenters. The fourth-order valence-electron chi connectivity index (χ4n) is 5.75. The minimum absolute atomic E-state index is 0.0382. The molecule has 0 spiro atoms. The van der Waals surface area contributed by atoms with Gasteiger partial charge < -0.3 is 4.74 Å². The van der Waals surface area contributed by atoms with Crippen LogP contribution >= 0.6 is 0 Å². The molecule has 24 heavy (non-hydrogen) atoms. The van der Waals surface area contributed by atoms with E-state index in [4.69, 9.17) is 4.74 Å². The number of carbonyl (C=O) groups excluding carboxylic acids is 1. The average Bonchev–Trinajstić information content (AvgIpc) is 2.45. The van der Waals surface area contributed by atoms with Crippen LogP contribution in [0.4, 0.5) is 0 Å². The predicted molar refractivity (Wildman–Crippen MR) is 101 cm³/mol. The molecule has 0 aromatic heterocycles. The molecule has 138 valence electrons. The van der Waals surface area contributed by atoms with Crippen molar-refractivity contribution in [2.24, 2.45) is 28.6 Å². The fraction of sp³-hybridized carbons (Fsp3) is 0.864. The number of carbonyl (C=O) groups is 1. The first-order chi connectivity index (χ1) is 11.2. The summed E-state index contributed by atoms with van der Waals surface area (Å²) in [5.74, 6) is 1.86. The quantitative estimate of drug-likeness (QED) is 0.430. The van der Waals surface area contributed by atoms with E-state index in [0.717, 1.165) is 12.3 Å². The van der Waals surface area contributed by atoms with E-state index in [0.29, 0.717) is 35.7 Å². The second-order valence-corrected chi connectivity index (χ2v) is 9.33. The van der Waals surface area contributed by atoms with Gasteiger partial charge in [0.15, 0.2) is 0 Å². The maximum Gasteiger partial charge on any atom is 0.306 e. The Morgan fingerprint density at radius 2 is 2.04 bits per heavy atom. The highest BCUT2D eigenvalue weighted by atomic mass is 16.5. The molecular formula is C22H38O2. The maximum atomic E-state index is 11.7. The lowest BCUT2D eigenvalue weighted by molar-refractivity contribution is -0.144. The lowest BCUT2D eigenvalue weighted by Crippen LogP contribution is -2.48. The number of ether oxygens (including phenoxy) is 1. The van der Waals surface area contributed by atoms with Gasteiger partial charge in [0.1, 0.15) is 0 Å². The molecular weight excluding hydrogens is 296 g/mol. The number of rotatable bonds is 6. The standard InChI is InChI=1S/C22H38O2/c1-7-24-20(23)15-16(2)9-11-18-17(3)10-12-19-21(4,5)13-8-14-22(18,19)6/h10,16,18-19H,7-9,11-15H2,1-6H3/t16-,18-,19-,22-/m1/s1. The van der Waals surface area contributed by atoms with Crippen molar-refractivity contribution in [3.8, 4) is 0 Å². The molecule has 2 heteroatoms. The van der Waals surface area contributed by atoms with E-state index in [9.17, 15) is 4.79 Å². The molecule has 0 unspecified atom stereocenters. The highest BCUT2D eigenvalue weighted by molar-refractivity contribution is 5.69. The van der Waals surface area contributed by atoms with E-state index in [1.807, 2.05) is 6.92 Å². The molecule has 0 bridgehead atoms. The van der Waals surface area contributed by atoms with Gasteiger partial charge in [-0.3, -0.25) is 4.79 Å². The van der Waals surface area contributed by atoms with E-state index >= 15 is 0 Å². The van der Waals surface area contributed by atoms with Gasteiger partial charge in [-0.2, -0.15) is 0 Å². The van der Waals surface area contributed by atoms with Gasteiger partial charge >= 0.3 is 5.97 Å². The lowest BCUT2D eigenvalue weighted by Gasteiger charge is -2.57. The molecule has 1 saturated carbocycles. The lowest BCUT2D eigenvalue weighted by atomic mass is 9.48. The zero-order valence-electron chi connectivity index (χ0n) is 16.8. The minimum atomic E-state index is -0.0382. The normalized spacial score (nSPS) is 33.3. The molecule has 2 aliphatic rings. The second kappa shape index (κ2) is 7.62. The summed E-state index contributed by atoms with van der Waals surface area (Å²) >= 11 is 0. The number of esters is 1. The number of hydrogen-bond acceptors (Lipinski definition) is 2. The zero-order valence-corrected chi connectivity index (χ0v) is 16.8. The molecule has 0 N–H and O–H groups in total. The van der Waals surface area contributed by atoms with Gasteiger partial charge in [-0.1, -0.05) is 45.8 Å². The van der Waals surface area contributed by atoms with Crippen molar-refractivity contribution in [1.29, 1.82) is 0 Å². The van der Waals surface area contributed by atoms with Crippen molar-refractivity contribution in [3.63, 3.8) is 0 Å². The van der Waals surface area contributed by atoms with E-state index < -0.39 is 0 Å². The molecule has 0 radical (unpaired) electrons. The van der Waals surface area contributed by atoms with Crippen LogP contribution in [-0.2, 0) is 9.53 Å². The monoisotopic (exact) mass is 334 g/mol. The summed E-state index contributed by atoms with van der Waals surface area (Å²) in [5, 5.41) is 0. The molecule has 2 nitrogen and oxygen atoms in total. The summed E-state index contributed by atoms with van der Waals surface area (Å²) in [5.41, 5.74) is 2.48. The first kappa shape index (κ1) is 19.5. The minimum Gasteiger partial charge on any atom is -0.466 e. The van der Waals surface area contributed by atoms with Crippen LogP contribution in [0.3, 0.4) is 0 Å². The molecule has 0 amide bonds. The van der Waals surface area contributed by atoms with Gasteiger partial charge in [-0.15, -0.1) is 0 Å². The Morgan fingerprint density at radius 3 is 2.71 bits per heavy atom.